The van der Waals surface area contributed by atoms with Crippen LogP contribution >= 0.6 is 11.3 Å². The lowest BCUT2D eigenvalue weighted by Crippen LogP contribution is -2.24. The van der Waals surface area contributed by atoms with Gasteiger partial charge in [0.2, 0.25) is 0 Å². The van der Waals surface area contributed by atoms with Crippen LogP contribution in [0.25, 0.3) is 0 Å². The monoisotopic (exact) mass is 213 g/mol. The molecular weight excluding hydrogens is 194 g/mol. The van der Waals surface area contributed by atoms with E-state index in [1.807, 2.05) is 0 Å². The number of nitrogens with one attached hydrogen (secondary N) is 1. The van der Waals surface area contributed by atoms with Crippen LogP contribution in [0.4, 0.5) is 0 Å². The van der Waals surface area contributed by atoms with Gasteiger partial charge in [-0.25, -0.2) is 0 Å². The number of hydrogen-bond donors (Lipinski definition) is 1. The molecule has 0 atom stereocenters. The van der Waals surface area contributed by atoms with E-state index in [1.165, 1.54) is 4.88 Å². The molecule has 2 nitrogen and oxygen atoms in total. The van der Waals surface area contributed by atoms with E-state index in [9.17, 15) is 0 Å². The van der Waals surface area contributed by atoms with Crippen molar-refractivity contribution < 1.29 is 4.74 Å². The number of thiophene rings is 1. The van der Waals surface area contributed by atoms with E-state index in [2.05, 4.69) is 36.7 Å². The van der Waals surface area contributed by atoms with E-state index < -0.39 is 0 Å². The fourth-order valence-electron chi connectivity index (χ4n) is 1.13. The topological polar surface area (TPSA) is 21.3 Å². The molecule has 0 aromatic carbocycles. The summed E-state index contributed by atoms with van der Waals surface area (Å²) in [5.74, 6) is 0. The van der Waals surface area contributed by atoms with Crippen molar-refractivity contribution in [3.05, 3.63) is 22.4 Å². The molecule has 1 aromatic heterocycles. The van der Waals surface area contributed by atoms with Crippen LogP contribution in [0.15, 0.2) is 17.5 Å². The van der Waals surface area contributed by atoms with Gasteiger partial charge in [-0.2, -0.15) is 0 Å². The van der Waals surface area contributed by atoms with Crippen molar-refractivity contribution in [2.75, 3.05) is 13.2 Å². The summed E-state index contributed by atoms with van der Waals surface area (Å²) in [5, 5.41) is 5.44. The van der Waals surface area contributed by atoms with Crippen LogP contribution in [0.3, 0.4) is 0 Å². The smallest absolute Gasteiger partial charge is 0.0809 e. The van der Waals surface area contributed by atoms with Crippen molar-refractivity contribution in [3.8, 4) is 0 Å². The Balaban J connectivity index is 1.90. The molecule has 0 aliphatic heterocycles. The zero-order chi connectivity index (χ0) is 10.2. The molecule has 0 spiro atoms. The van der Waals surface area contributed by atoms with Gasteiger partial charge in [-0.3, -0.25) is 0 Å². The van der Waals surface area contributed by atoms with Gasteiger partial charge < -0.3 is 10.1 Å². The molecule has 0 unspecified atom stereocenters. The summed E-state index contributed by atoms with van der Waals surface area (Å²) in [7, 11) is 0. The summed E-state index contributed by atoms with van der Waals surface area (Å²) >= 11 is 1.75. The molecule has 0 saturated heterocycles. The Labute approximate surface area is 90.3 Å². The van der Waals surface area contributed by atoms with Gasteiger partial charge in [0.15, 0.2) is 0 Å². The Morgan fingerprint density at radius 1 is 1.50 bits per heavy atom. The van der Waals surface area contributed by atoms with Gasteiger partial charge >= 0.3 is 0 Å². The van der Waals surface area contributed by atoms with Crippen LogP contribution < -0.4 is 5.32 Å². The van der Waals surface area contributed by atoms with Crippen LogP contribution in [0.1, 0.15) is 25.1 Å². The maximum atomic E-state index is 5.53. The molecular formula is C11H19NOS. The normalized spacial score (nSPS) is 11.1. The van der Waals surface area contributed by atoms with Gasteiger partial charge in [0.05, 0.1) is 6.61 Å². The third-order valence-electron chi connectivity index (χ3n) is 1.84. The lowest BCUT2D eigenvalue weighted by Gasteiger charge is -2.07. The Hall–Kier alpha value is -0.380. The molecule has 0 fully saturated rings. The van der Waals surface area contributed by atoms with Crippen LogP contribution in [0.5, 0.6) is 0 Å². The van der Waals surface area contributed by atoms with Crippen molar-refractivity contribution in [1.29, 1.82) is 0 Å². The average Bonchev–Trinajstić information content (AvgIpc) is 2.63. The SMILES string of the molecule is CC(C)NCCCOCc1cccs1. The Kier molecular flexibility index (Phi) is 5.83. The summed E-state index contributed by atoms with van der Waals surface area (Å²) in [5.41, 5.74) is 0. The van der Waals surface area contributed by atoms with Crippen molar-refractivity contribution in [1.82, 2.24) is 5.32 Å². The molecule has 14 heavy (non-hydrogen) atoms. The van der Waals surface area contributed by atoms with Crippen LogP contribution in [-0.4, -0.2) is 19.2 Å². The minimum Gasteiger partial charge on any atom is -0.376 e. The molecule has 1 rings (SSSR count). The van der Waals surface area contributed by atoms with E-state index in [0.29, 0.717) is 6.04 Å². The molecule has 3 heteroatoms. The van der Waals surface area contributed by atoms with Gasteiger partial charge in [0.25, 0.3) is 0 Å². The van der Waals surface area contributed by atoms with E-state index >= 15 is 0 Å². The van der Waals surface area contributed by atoms with E-state index in [0.717, 1.165) is 26.2 Å². The van der Waals surface area contributed by atoms with Gasteiger partial charge in [0.1, 0.15) is 0 Å². The molecule has 0 aliphatic rings. The number of rotatable bonds is 7. The highest BCUT2D eigenvalue weighted by molar-refractivity contribution is 7.09. The second-order valence-electron chi connectivity index (χ2n) is 3.59. The first-order valence-electron chi connectivity index (χ1n) is 5.12. The molecule has 1 heterocycles. The summed E-state index contributed by atoms with van der Waals surface area (Å²) < 4.78 is 5.53. The van der Waals surface area contributed by atoms with Gasteiger partial charge in [-0.15, -0.1) is 11.3 Å². The molecule has 0 radical (unpaired) electrons. The number of hydrogen-bond acceptors (Lipinski definition) is 3. The molecule has 0 saturated carbocycles. The first kappa shape index (κ1) is 11.7. The summed E-state index contributed by atoms with van der Waals surface area (Å²) in [6.07, 6.45) is 1.09. The fourth-order valence-corrected chi connectivity index (χ4v) is 1.77. The van der Waals surface area contributed by atoms with Crippen molar-refractivity contribution in [2.24, 2.45) is 0 Å². The lowest BCUT2D eigenvalue weighted by atomic mass is 10.3. The summed E-state index contributed by atoms with van der Waals surface area (Å²) in [6, 6.07) is 4.74. The molecule has 80 valence electrons. The first-order valence-corrected chi connectivity index (χ1v) is 6.00. The highest BCUT2D eigenvalue weighted by Crippen LogP contribution is 2.09. The average molecular weight is 213 g/mol. The molecule has 0 amide bonds. The summed E-state index contributed by atoms with van der Waals surface area (Å²) in [4.78, 5) is 1.31. The standard InChI is InChI=1S/C11H19NOS/c1-10(2)12-6-4-7-13-9-11-5-3-8-14-11/h3,5,8,10,12H,4,6-7,9H2,1-2H3. The van der Waals surface area contributed by atoms with Crippen LogP contribution in [0.2, 0.25) is 0 Å². The van der Waals surface area contributed by atoms with Gasteiger partial charge in [0, 0.05) is 17.5 Å². The third kappa shape index (κ3) is 5.37. The minimum absolute atomic E-state index is 0.576. The largest absolute Gasteiger partial charge is 0.376 e. The summed E-state index contributed by atoms with van der Waals surface area (Å²) in [6.45, 7) is 6.97. The second-order valence-corrected chi connectivity index (χ2v) is 4.63. The molecule has 0 bridgehead atoms. The predicted octanol–water partition coefficient (Wildman–Crippen LogP) is 2.65. The van der Waals surface area contributed by atoms with Crippen molar-refractivity contribution in [2.45, 2.75) is 32.9 Å². The van der Waals surface area contributed by atoms with Crippen molar-refractivity contribution >= 4 is 11.3 Å². The number of ether oxygens (including phenoxy) is 1. The highest BCUT2D eigenvalue weighted by atomic mass is 32.1. The Morgan fingerprint density at radius 3 is 3.00 bits per heavy atom. The Morgan fingerprint density at radius 2 is 2.36 bits per heavy atom. The quantitative estimate of drug-likeness (QED) is 0.703. The lowest BCUT2D eigenvalue weighted by molar-refractivity contribution is 0.120. The van der Waals surface area contributed by atoms with E-state index in [1.54, 1.807) is 11.3 Å². The first-order chi connectivity index (χ1) is 6.79. The Bertz CT molecular complexity index is 221. The van der Waals surface area contributed by atoms with Crippen LogP contribution in [0, 0.1) is 0 Å². The minimum atomic E-state index is 0.576. The van der Waals surface area contributed by atoms with Gasteiger partial charge in [-0.1, -0.05) is 19.9 Å². The highest BCUT2D eigenvalue weighted by Gasteiger charge is 1.94. The fraction of sp³-hybridized carbons (Fsp3) is 0.636. The predicted molar refractivity (Wildman–Crippen MR) is 61.7 cm³/mol. The third-order valence-corrected chi connectivity index (χ3v) is 2.69. The molecule has 1 N–H and O–H groups in total. The van der Waals surface area contributed by atoms with Crippen LogP contribution in [-0.2, 0) is 11.3 Å². The maximum absolute atomic E-state index is 5.53. The van der Waals surface area contributed by atoms with E-state index in [4.69, 9.17) is 4.74 Å². The molecule has 1 aromatic rings. The second kappa shape index (κ2) is 6.98. The zero-order valence-electron chi connectivity index (χ0n) is 8.95. The van der Waals surface area contributed by atoms with E-state index in [-0.39, 0.29) is 0 Å². The van der Waals surface area contributed by atoms with Crippen molar-refractivity contribution in [3.63, 3.8) is 0 Å². The zero-order valence-corrected chi connectivity index (χ0v) is 9.77. The maximum Gasteiger partial charge on any atom is 0.0809 e. The molecule has 0 aliphatic carbocycles. The van der Waals surface area contributed by atoms with Gasteiger partial charge in [-0.05, 0) is 24.4 Å².